The highest BCUT2D eigenvalue weighted by atomic mass is 79.9. The zero-order valence-electron chi connectivity index (χ0n) is 9.60. The maximum absolute atomic E-state index is 12.0. The maximum atomic E-state index is 12.0. The predicted octanol–water partition coefficient (Wildman–Crippen LogP) is 1.89. The summed E-state index contributed by atoms with van der Waals surface area (Å²) in [5, 5.41) is 0. The highest BCUT2D eigenvalue weighted by Gasteiger charge is 2.24. The number of benzene rings is 1. The molecule has 1 rings (SSSR count). The SMILES string of the molecule is CC(C)(CN)NS(=O)(=O)c1cccc(Br)c1.Cl. The van der Waals surface area contributed by atoms with E-state index in [2.05, 4.69) is 20.7 Å². The zero-order chi connectivity index (χ0) is 12.4. The molecule has 98 valence electrons. The fourth-order valence-corrected chi connectivity index (χ4v) is 3.12. The molecular weight excluding hydrogens is 328 g/mol. The van der Waals surface area contributed by atoms with E-state index in [0.29, 0.717) is 0 Å². The summed E-state index contributed by atoms with van der Waals surface area (Å²) in [5.74, 6) is 0. The Morgan fingerprint density at radius 3 is 2.47 bits per heavy atom. The Morgan fingerprint density at radius 2 is 2.00 bits per heavy atom. The summed E-state index contributed by atoms with van der Waals surface area (Å²) in [6.07, 6.45) is 0. The monoisotopic (exact) mass is 342 g/mol. The lowest BCUT2D eigenvalue weighted by atomic mass is 10.1. The molecule has 0 amide bonds. The van der Waals surface area contributed by atoms with Crippen molar-refractivity contribution in [1.82, 2.24) is 4.72 Å². The van der Waals surface area contributed by atoms with Gasteiger partial charge in [0.1, 0.15) is 0 Å². The topological polar surface area (TPSA) is 72.2 Å². The first-order chi connectivity index (χ1) is 7.27. The van der Waals surface area contributed by atoms with E-state index >= 15 is 0 Å². The van der Waals surface area contributed by atoms with Crippen LogP contribution in [0.25, 0.3) is 0 Å². The van der Waals surface area contributed by atoms with Crippen LogP contribution in [0, 0.1) is 0 Å². The number of nitrogens with one attached hydrogen (secondary N) is 1. The molecular formula is C10H16BrClN2O2S. The summed E-state index contributed by atoms with van der Waals surface area (Å²) < 4.78 is 27.2. The van der Waals surface area contributed by atoms with Crippen molar-refractivity contribution in [3.63, 3.8) is 0 Å². The number of sulfonamides is 1. The Hall–Kier alpha value is -0.140. The van der Waals surface area contributed by atoms with E-state index in [1.165, 1.54) is 0 Å². The van der Waals surface area contributed by atoms with E-state index in [0.717, 1.165) is 4.47 Å². The van der Waals surface area contributed by atoms with Gasteiger partial charge in [0, 0.05) is 16.6 Å². The Kier molecular flexibility index (Phi) is 6.10. The Labute approximate surface area is 117 Å². The smallest absolute Gasteiger partial charge is 0.241 e. The molecule has 1 aromatic rings. The third-order valence-electron chi connectivity index (χ3n) is 2.03. The average molecular weight is 344 g/mol. The summed E-state index contributed by atoms with van der Waals surface area (Å²) in [5.41, 5.74) is 4.83. The van der Waals surface area contributed by atoms with Crippen molar-refractivity contribution in [3.8, 4) is 0 Å². The summed E-state index contributed by atoms with van der Waals surface area (Å²) in [6.45, 7) is 3.71. The largest absolute Gasteiger partial charge is 0.329 e. The summed E-state index contributed by atoms with van der Waals surface area (Å²) in [4.78, 5) is 0.225. The number of nitrogens with two attached hydrogens (primary N) is 1. The van der Waals surface area contributed by atoms with Crippen LogP contribution in [0.2, 0.25) is 0 Å². The fourth-order valence-electron chi connectivity index (χ4n) is 1.10. The van der Waals surface area contributed by atoms with E-state index in [9.17, 15) is 8.42 Å². The van der Waals surface area contributed by atoms with Crippen LogP contribution in [0.4, 0.5) is 0 Å². The van der Waals surface area contributed by atoms with Gasteiger partial charge < -0.3 is 5.73 Å². The van der Waals surface area contributed by atoms with Gasteiger partial charge in [-0.2, -0.15) is 0 Å². The Balaban J connectivity index is 0.00000256. The van der Waals surface area contributed by atoms with Crippen LogP contribution in [0.1, 0.15) is 13.8 Å². The first kappa shape index (κ1) is 16.9. The van der Waals surface area contributed by atoms with Gasteiger partial charge in [0.25, 0.3) is 0 Å². The van der Waals surface area contributed by atoms with Crippen molar-refractivity contribution in [2.75, 3.05) is 6.54 Å². The molecule has 0 heterocycles. The molecule has 0 radical (unpaired) electrons. The second-order valence-corrected chi connectivity index (χ2v) is 6.75. The Morgan fingerprint density at radius 1 is 1.41 bits per heavy atom. The van der Waals surface area contributed by atoms with Crippen LogP contribution in [0.15, 0.2) is 33.6 Å². The summed E-state index contributed by atoms with van der Waals surface area (Å²) >= 11 is 3.23. The van der Waals surface area contributed by atoms with Crippen LogP contribution in [-0.4, -0.2) is 20.5 Å². The highest BCUT2D eigenvalue weighted by molar-refractivity contribution is 9.10. The lowest BCUT2D eigenvalue weighted by molar-refractivity contribution is 0.462. The summed E-state index contributed by atoms with van der Waals surface area (Å²) in [7, 11) is -3.51. The third kappa shape index (κ3) is 4.93. The van der Waals surface area contributed by atoms with Gasteiger partial charge in [0.15, 0.2) is 0 Å². The molecule has 0 aliphatic heterocycles. The standard InChI is InChI=1S/C10H15BrN2O2S.ClH/c1-10(2,7-12)13-16(14,15)9-5-3-4-8(11)6-9;/h3-6,13H,7,12H2,1-2H3;1H. The molecule has 0 aromatic heterocycles. The number of halogens is 2. The normalized spacial score (nSPS) is 12.0. The molecule has 0 fully saturated rings. The minimum Gasteiger partial charge on any atom is -0.329 e. The van der Waals surface area contributed by atoms with Crippen LogP contribution in [-0.2, 0) is 10.0 Å². The van der Waals surface area contributed by atoms with Crippen molar-refractivity contribution in [1.29, 1.82) is 0 Å². The molecule has 0 saturated heterocycles. The molecule has 0 spiro atoms. The number of hydrogen-bond donors (Lipinski definition) is 2. The molecule has 0 saturated carbocycles. The van der Waals surface area contributed by atoms with Crippen molar-refractivity contribution in [3.05, 3.63) is 28.7 Å². The van der Waals surface area contributed by atoms with Gasteiger partial charge >= 0.3 is 0 Å². The van der Waals surface area contributed by atoms with Gasteiger partial charge in [-0.1, -0.05) is 22.0 Å². The van der Waals surface area contributed by atoms with E-state index < -0.39 is 15.6 Å². The Bertz CT molecular complexity index is 477. The second-order valence-electron chi connectivity index (χ2n) is 4.15. The molecule has 0 unspecified atom stereocenters. The molecule has 0 aliphatic rings. The minimum absolute atomic E-state index is 0. The molecule has 0 atom stereocenters. The first-order valence-electron chi connectivity index (χ1n) is 4.76. The predicted molar refractivity (Wildman–Crippen MR) is 74.8 cm³/mol. The second kappa shape index (κ2) is 6.15. The van der Waals surface area contributed by atoms with Gasteiger partial charge in [-0.3, -0.25) is 0 Å². The van der Waals surface area contributed by atoms with Crippen molar-refractivity contribution in [2.24, 2.45) is 5.73 Å². The van der Waals surface area contributed by atoms with E-state index in [4.69, 9.17) is 5.73 Å². The molecule has 1 aromatic carbocycles. The van der Waals surface area contributed by atoms with Gasteiger partial charge in [-0.05, 0) is 32.0 Å². The lowest BCUT2D eigenvalue weighted by Crippen LogP contribution is -2.48. The third-order valence-corrected chi connectivity index (χ3v) is 4.22. The van der Waals surface area contributed by atoms with Crippen LogP contribution >= 0.6 is 28.3 Å². The van der Waals surface area contributed by atoms with Crippen LogP contribution in [0.5, 0.6) is 0 Å². The van der Waals surface area contributed by atoms with Gasteiger partial charge in [0.05, 0.1) is 4.90 Å². The van der Waals surface area contributed by atoms with Crippen LogP contribution in [0.3, 0.4) is 0 Å². The average Bonchev–Trinajstić information content (AvgIpc) is 2.16. The quantitative estimate of drug-likeness (QED) is 0.877. The zero-order valence-corrected chi connectivity index (χ0v) is 12.8. The van der Waals surface area contributed by atoms with Crippen molar-refractivity contribution >= 4 is 38.4 Å². The number of rotatable bonds is 4. The highest BCUT2D eigenvalue weighted by Crippen LogP contribution is 2.17. The number of hydrogen-bond acceptors (Lipinski definition) is 3. The molecule has 0 bridgehead atoms. The van der Waals surface area contributed by atoms with E-state index in [1.807, 2.05) is 0 Å². The molecule has 3 N–H and O–H groups in total. The van der Waals surface area contributed by atoms with E-state index in [1.54, 1.807) is 38.1 Å². The molecule has 17 heavy (non-hydrogen) atoms. The van der Waals surface area contributed by atoms with Crippen molar-refractivity contribution in [2.45, 2.75) is 24.3 Å². The molecule has 0 aliphatic carbocycles. The van der Waals surface area contributed by atoms with Crippen molar-refractivity contribution < 1.29 is 8.42 Å². The molecule has 4 nitrogen and oxygen atoms in total. The van der Waals surface area contributed by atoms with Gasteiger partial charge in [-0.15, -0.1) is 12.4 Å². The maximum Gasteiger partial charge on any atom is 0.241 e. The molecule has 7 heteroatoms. The first-order valence-corrected chi connectivity index (χ1v) is 7.04. The fraction of sp³-hybridized carbons (Fsp3) is 0.400. The van der Waals surface area contributed by atoms with Crippen LogP contribution < -0.4 is 10.5 Å². The van der Waals surface area contributed by atoms with Gasteiger partial charge in [-0.25, -0.2) is 13.1 Å². The lowest BCUT2D eigenvalue weighted by Gasteiger charge is -2.23. The minimum atomic E-state index is -3.51. The summed E-state index contributed by atoms with van der Waals surface area (Å²) in [6, 6.07) is 6.54. The van der Waals surface area contributed by atoms with E-state index in [-0.39, 0.29) is 23.8 Å². The van der Waals surface area contributed by atoms with Gasteiger partial charge in [0.2, 0.25) is 10.0 Å².